The number of hydrogen-bond donors (Lipinski definition) is 2. The van der Waals surface area contributed by atoms with E-state index in [9.17, 15) is 18.0 Å². The van der Waals surface area contributed by atoms with E-state index in [0.29, 0.717) is 5.82 Å². The quantitative estimate of drug-likeness (QED) is 0.543. The van der Waals surface area contributed by atoms with Crippen molar-refractivity contribution in [1.82, 2.24) is 20.0 Å². The second-order valence-corrected chi connectivity index (χ2v) is 9.30. The Bertz CT molecular complexity index is 1180. The summed E-state index contributed by atoms with van der Waals surface area (Å²) < 4.78 is 41.4. The van der Waals surface area contributed by atoms with Gasteiger partial charge in [0.15, 0.2) is 0 Å². The van der Waals surface area contributed by atoms with Gasteiger partial charge in [0.05, 0.1) is 24.0 Å². The van der Waals surface area contributed by atoms with Crippen LogP contribution in [0.2, 0.25) is 0 Å². The van der Waals surface area contributed by atoms with Crippen molar-refractivity contribution in [3.8, 4) is 5.69 Å². The minimum absolute atomic E-state index is 0.215. The van der Waals surface area contributed by atoms with Gasteiger partial charge in [0, 0.05) is 24.1 Å². The van der Waals surface area contributed by atoms with Crippen LogP contribution in [0.3, 0.4) is 0 Å². The number of aryl methyl sites for hydroxylation is 1. The number of fused-ring (bicyclic) bond motifs is 1. The number of anilines is 1. The number of rotatable bonds is 5. The molecule has 1 aromatic heterocycles. The van der Waals surface area contributed by atoms with Gasteiger partial charge in [0.25, 0.3) is 0 Å². The van der Waals surface area contributed by atoms with Crippen LogP contribution in [0.25, 0.3) is 5.69 Å². The van der Waals surface area contributed by atoms with Gasteiger partial charge in [-0.3, -0.25) is 10.2 Å². The monoisotopic (exact) mass is 483 g/mol. The molecule has 2 heterocycles. The molecule has 184 valence electrons. The van der Waals surface area contributed by atoms with Crippen LogP contribution in [0.4, 0.5) is 23.8 Å². The molecule has 3 unspecified atom stereocenters. The Morgan fingerprint density at radius 2 is 1.74 bits per heavy atom. The zero-order valence-electron chi connectivity index (χ0n) is 19.4. The van der Waals surface area contributed by atoms with E-state index in [1.165, 1.54) is 4.90 Å². The number of carbonyl (C=O) groups excluding carboxylic acids is 1. The molecular weight excluding hydrogens is 455 g/mol. The zero-order valence-corrected chi connectivity index (χ0v) is 19.4. The number of hydrogen-bond acceptors (Lipinski definition) is 3. The van der Waals surface area contributed by atoms with Gasteiger partial charge in [0.1, 0.15) is 5.82 Å². The Kier molecular flexibility index (Phi) is 6.27. The number of halogens is 3. The summed E-state index contributed by atoms with van der Waals surface area (Å²) in [7, 11) is 0. The van der Waals surface area contributed by atoms with E-state index in [0.717, 1.165) is 41.8 Å². The van der Waals surface area contributed by atoms with Crippen molar-refractivity contribution in [2.75, 3.05) is 18.4 Å². The Labute approximate surface area is 202 Å². The number of para-hydroxylation sites is 1. The maximum Gasteiger partial charge on any atom is 0.401 e. The molecule has 1 aliphatic carbocycles. The summed E-state index contributed by atoms with van der Waals surface area (Å²) in [6.45, 7) is 0.949. The molecule has 2 aromatic carbocycles. The lowest BCUT2D eigenvalue weighted by Gasteiger charge is -2.27. The molecule has 6 nitrogen and oxygen atoms in total. The maximum absolute atomic E-state index is 13.3. The zero-order chi connectivity index (χ0) is 24.6. The molecule has 2 aliphatic rings. The average Bonchev–Trinajstić information content (AvgIpc) is 3.50. The molecule has 2 N–H and O–H groups in total. The molecule has 3 atom stereocenters. The summed E-state index contributed by atoms with van der Waals surface area (Å²) >= 11 is 0. The van der Waals surface area contributed by atoms with Crippen LogP contribution < -0.4 is 10.6 Å². The summed E-state index contributed by atoms with van der Waals surface area (Å²) in [5, 5.41) is 10.7. The predicted molar refractivity (Wildman–Crippen MR) is 128 cm³/mol. The Hall–Kier alpha value is -3.33. The van der Waals surface area contributed by atoms with Gasteiger partial charge in [-0.1, -0.05) is 48.5 Å². The van der Waals surface area contributed by atoms with Crippen LogP contribution in [0.5, 0.6) is 0 Å². The molecule has 35 heavy (non-hydrogen) atoms. The normalized spacial score (nSPS) is 22.2. The van der Waals surface area contributed by atoms with Crippen LogP contribution in [0.15, 0.2) is 60.7 Å². The van der Waals surface area contributed by atoms with Crippen molar-refractivity contribution in [2.24, 2.45) is 0 Å². The van der Waals surface area contributed by atoms with Crippen molar-refractivity contribution in [1.29, 1.82) is 0 Å². The van der Waals surface area contributed by atoms with Gasteiger partial charge in [-0.15, -0.1) is 0 Å². The lowest BCUT2D eigenvalue weighted by molar-refractivity contribution is -0.147. The number of aromatic nitrogens is 2. The summed E-state index contributed by atoms with van der Waals surface area (Å²) in [6.07, 6.45) is -1.65. The molecule has 5 rings (SSSR count). The highest BCUT2D eigenvalue weighted by molar-refractivity contribution is 5.90. The average molecular weight is 484 g/mol. The van der Waals surface area contributed by atoms with Gasteiger partial charge in [-0.05, 0) is 43.9 Å². The lowest BCUT2D eigenvalue weighted by Crippen LogP contribution is -2.48. The highest BCUT2D eigenvalue weighted by atomic mass is 19.4. The van der Waals surface area contributed by atoms with Gasteiger partial charge in [-0.25, -0.2) is 9.48 Å². The van der Waals surface area contributed by atoms with Crippen LogP contribution in [0, 0.1) is 0 Å². The van der Waals surface area contributed by atoms with Crippen LogP contribution in [0.1, 0.15) is 36.1 Å². The number of likely N-dealkylation sites (tertiary alicyclic amines) is 1. The van der Waals surface area contributed by atoms with Crippen LogP contribution >= 0.6 is 0 Å². The van der Waals surface area contributed by atoms with E-state index in [1.807, 2.05) is 60.7 Å². The number of urea groups is 1. The fraction of sp³-hybridized carbons (Fsp3) is 0.385. The first-order valence-corrected chi connectivity index (χ1v) is 11.9. The summed E-state index contributed by atoms with van der Waals surface area (Å²) in [5.74, 6) is 0.360. The van der Waals surface area contributed by atoms with Crippen LogP contribution in [-0.2, 0) is 12.8 Å². The third-order valence-electron chi connectivity index (χ3n) is 7.01. The number of amides is 2. The van der Waals surface area contributed by atoms with E-state index in [4.69, 9.17) is 5.10 Å². The third-order valence-corrected chi connectivity index (χ3v) is 7.01. The van der Waals surface area contributed by atoms with Crippen molar-refractivity contribution < 1.29 is 18.0 Å². The first-order valence-electron chi connectivity index (χ1n) is 11.9. The van der Waals surface area contributed by atoms with Gasteiger partial charge < -0.3 is 5.32 Å². The SMILES string of the molecule is CC1C(NC(=O)Nc2c3c(nn2-c2ccccc2)CCC3)C(c2ccccc2)CN1CC(F)(F)F. The molecule has 2 amide bonds. The standard InChI is InChI=1S/C26H28F3N5O/c1-17-23(21(18-9-4-2-5-10-18)15-33(17)16-26(27,28)29)30-25(35)31-24-20-13-8-14-22(20)32-34(24)19-11-6-3-7-12-19/h2-7,9-12,17,21,23H,8,13-16H2,1H3,(H2,30,31,35). The van der Waals surface area contributed by atoms with E-state index < -0.39 is 30.8 Å². The van der Waals surface area contributed by atoms with Gasteiger partial charge >= 0.3 is 12.2 Å². The highest BCUT2D eigenvalue weighted by Gasteiger charge is 2.45. The predicted octanol–water partition coefficient (Wildman–Crippen LogP) is 4.90. The third kappa shape index (κ3) is 4.91. The van der Waals surface area contributed by atoms with E-state index in [2.05, 4.69) is 10.6 Å². The molecular formula is C26H28F3N5O. The van der Waals surface area contributed by atoms with Crippen molar-refractivity contribution in [2.45, 2.75) is 50.4 Å². The molecule has 0 bridgehead atoms. The molecule has 9 heteroatoms. The highest BCUT2D eigenvalue weighted by Crippen LogP contribution is 2.35. The Morgan fingerprint density at radius 1 is 1.06 bits per heavy atom. The van der Waals surface area contributed by atoms with Gasteiger partial charge in [0.2, 0.25) is 0 Å². The molecule has 0 saturated carbocycles. The van der Waals surface area contributed by atoms with Crippen molar-refractivity contribution >= 4 is 11.8 Å². The molecule has 1 aliphatic heterocycles. The van der Waals surface area contributed by atoms with E-state index in [1.54, 1.807) is 11.6 Å². The number of alkyl halides is 3. The fourth-order valence-corrected chi connectivity index (χ4v) is 5.34. The lowest BCUT2D eigenvalue weighted by atomic mass is 9.92. The molecule has 0 spiro atoms. The first kappa shape index (κ1) is 23.4. The second kappa shape index (κ2) is 9.37. The largest absolute Gasteiger partial charge is 0.401 e. The van der Waals surface area contributed by atoms with Crippen LogP contribution in [-0.4, -0.2) is 52.1 Å². The molecule has 1 fully saturated rings. The maximum atomic E-state index is 13.3. The van der Waals surface area contributed by atoms with Crippen molar-refractivity contribution in [3.63, 3.8) is 0 Å². The van der Waals surface area contributed by atoms with E-state index >= 15 is 0 Å². The summed E-state index contributed by atoms with van der Waals surface area (Å²) in [5.41, 5.74) is 3.73. The summed E-state index contributed by atoms with van der Waals surface area (Å²) in [4.78, 5) is 14.7. The van der Waals surface area contributed by atoms with Gasteiger partial charge in [-0.2, -0.15) is 18.3 Å². The Balaban J connectivity index is 1.40. The number of benzene rings is 2. The topological polar surface area (TPSA) is 62.2 Å². The molecule has 0 radical (unpaired) electrons. The minimum Gasteiger partial charge on any atom is -0.333 e. The summed E-state index contributed by atoms with van der Waals surface area (Å²) in [6, 6.07) is 17.6. The number of carbonyl (C=O) groups is 1. The fourth-order valence-electron chi connectivity index (χ4n) is 5.34. The Morgan fingerprint density at radius 3 is 2.43 bits per heavy atom. The van der Waals surface area contributed by atoms with E-state index in [-0.39, 0.29) is 12.5 Å². The van der Waals surface area contributed by atoms with Crippen molar-refractivity contribution in [3.05, 3.63) is 77.5 Å². The number of nitrogens with zero attached hydrogens (tertiary/aromatic N) is 3. The second-order valence-electron chi connectivity index (χ2n) is 9.30. The number of nitrogens with one attached hydrogen (secondary N) is 2. The molecule has 1 saturated heterocycles. The molecule has 3 aromatic rings. The smallest absolute Gasteiger partial charge is 0.333 e. The first-order chi connectivity index (χ1) is 16.8. The minimum atomic E-state index is -4.31.